The highest BCUT2D eigenvalue weighted by molar-refractivity contribution is 4.94. The Labute approximate surface area is 102 Å². The smallest absolute Gasteiger partial charge is 0.374 e. The van der Waals surface area contributed by atoms with E-state index in [4.69, 9.17) is 5.11 Å². The molecule has 0 aromatic heterocycles. The summed E-state index contributed by atoms with van der Waals surface area (Å²) >= 11 is 0. The molecule has 0 heterocycles. The predicted molar refractivity (Wildman–Crippen MR) is 55.0 cm³/mol. The van der Waals surface area contributed by atoms with Crippen LogP contribution in [-0.4, -0.2) is 23.1 Å². The lowest BCUT2D eigenvalue weighted by atomic mass is 9.87. The Kier molecular flexibility index (Phi) is 5.97. The Hall–Kier alpha value is -0.460. The van der Waals surface area contributed by atoms with Crippen LogP contribution in [0, 0.1) is 5.92 Å². The number of rotatable bonds is 6. The molecule has 0 saturated heterocycles. The molecule has 0 bridgehead atoms. The van der Waals surface area contributed by atoms with E-state index in [2.05, 4.69) is 0 Å². The second-order valence-corrected chi connectivity index (χ2v) is 4.66. The summed E-state index contributed by atoms with van der Waals surface area (Å²) in [6, 6.07) is 0. The number of alkyl halides is 6. The van der Waals surface area contributed by atoms with Crippen molar-refractivity contribution in [1.29, 1.82) is 0 Å². The summed E-state index contributed by atoms with van der Waals surface area (Å²) in [4.78, 5) is 0. The van der Waals surface area contributed by atoms with Crippen molar-refractivity contribution in [3.63, 3.8) is 0 Å². The highest BCUT2D eigenvalue weighted by Crippen LogP contribution is 2.47. The first kappa shape index (κ1) is 17.5. The third-order valence-electron chi connectivity index (χ3n) is 2.88. The molecule has 0 amide bonds. The lowest BCUT2D eigenvalue weighted by Crippen LogP contribution is -2.57. The fourth-order valence-corrected chi connectivity index (χ4v) is 1.74. The van der Waals surface area contributed by atoms with Crippen molar-refractivity contribution in [1.82, 2.24) is 0 Å². The summed E-state index contributed by atoms with van der Waals surface area (Å²) < 4.78 is 74.3. The van der Waals surface area contributed by atoms with E-state index < -0.39 is 30.3 Å². The Morgan fingerprint density at radius 2 is 1.39 bits per heavy atom. The van der Waals surface area contributed by atoms with Gasteiger partial charge in [0.15, 0.2) is 0 Å². The maximum atomic E-state index is 12.4. The molecule has 0 aromatic rings. The molecule has 1 N–H and O–H groups in total. The Bertz CT molecular complexity index is 231. The molecule has 1 unspecified atom stereocenters. The normalized spacial score (nSPS) is 15.8. The first-order valence-electron chi connectivity index (χ1n) is 5.81. The summed E-state index contributed by atoms with van der Waals surface area (Å²) in [5.74, 6) is -0.843. The molecular weight excluding hydrogens is 262 g/mol. The van der Waals surface area contributed by atoms with Crippen LogP contribution in [-0.2, 0) is 0 Å². The molecule has 0 rings (SSSR count). The molecule has 0 radical (unpaired) electrons. The van der Waals surface area contributed by atoms with E-state index >= 15 is 0 Å². The van der Waals surface area contributed by atoms with Crippen molar-refractivity contribution in [3.8, 4) is 0 Å². The SMILES string of the molecule is CCCCCC(C)CC(O)(C(F)(F)F)C(F)(F)F. The van der Waals surface area contributed by atoms with E-state index in [1.807, 2.05) is 6.92 Å². The third kappa shape index (κ3) is 4.33. The molecule has 0 spiro atoms. The van der Waals surface area contributed by atoms with Gasteiger partial charge in [-0.2, -0.15) is 26.3 Å². The average molecular weight is 280 g/mol. The lowest BCUT2D eigenvalue weighted by molar-refractivity contribution is -0.372. The predicted octanol–water partition coefficient (Wildman–Crippen LogP) is 4.45. The first-order chi connectivity index (χ1) is 7.95. The van der Waals surface area contributed by atoms with Gasteiger partial charge in [-0.3, -0.25) is 0 Å². The molecule has 0 aromatic carbocycles. The average Bonchev–Trinajstić information content (AvgIpc) is 2.14. The minimum atomic E-state index is -5.70. The van der Waals surface area contributed by atoms with Crippen LogP contribution in [0.5, 0.6) is 0 Å². The van der Waals surface area contributed by atoms with Gasteiger partial charge < -0.3 is 5.11 Å². The Morgan fingerprint density at radius 3 is 1.72 bits per heavy atom. The Morgan fingerprint density at radius 1 is 0.944 bits per heavy atom. The molecule has 0 aliphatic heterocycles. The van der Waals surface area contributed by atoms with Crippen molar-refractivity contribution in [3.05, 3.63) is 0 Å². The van der Waals surface area contributed by atoms with E-state index in [1.54, 1.807) is 0 Å². The zero-order valence-electron chi connectivity index (χ0n) is 10.3. The number of halogens is 6. The fraction of sp³-hybridized carbons (Fsp3) is 1.00. The van der Waals surface area contributed by atoms with Crippen LogP contribution in [0.1, 0.15) is 46.0 Å². The number of aliphatic hydroxyl groups is 1. The minimum Gasteiger partial charge on any atom is -0.374 e. The highest BCUT2D eigenvalue weighted by Gasteiger charge is 2.70. The van der Waals surface area contributed by atoms with E-state index in [9.17, 15) is 26.3 Å². The second kappa shape index (κ2) is 6.12. The van der Waals surface area contributed by atoms with E-state index in [0.29, 0.717) is 6.42 Å². The summed E-state index contributed by atoms with van der Waals surface area (Å²) in [6.07, 6.45) is -10.4. The van der Waals surface area contributed by atoms with Crippen LogP contribution >= 0.6 is 0 Å². The zero-order valence-corrected chi connectivity index (χ0v) is 10.3. The van der Waals surface area contributed by atoms with Crippen LogP contribution < -0.4 is 0 Å². The number of hydrogen-bond donors (Lipinski definition) is 1. The second-order valence-electron chi connectivity index (χ2n) is 4.66. The van der Waals surface area contributed by atoms with Crippen molar-refractivity contribution in [2.24, 2.45) is 5.92 Å². The first-order valence-corrected chi connectivity index (χ1v) is 5.81. The zero-order chi connectivity index (χ0) is 14.6. The summed E-state index contributed by atoms with van der Waals surface area (Å²) in [5.41, 5.74) is -4.61. The maximum absolute atomic E-state index is 12.4. The molecule has 0 aliphatic rings. The van der Waals surface area contributed by atoms with Gasteiger partial charge in [0.2, 0.25) is 0 Å². The third-order valence-corrected chi connectivity index (χ3v) is 2.88. The molecule has 110 valence electrons. The molecule has 0 saturated carbocycles. The highest BCUT2D eigenvalue weighted by atomic mass is 19.4. The van der Waals surface area contributed by atoms with Crippen molar-refractivity contribution < 1.29 is 31.4 Å². The Balaban J connectivity index is 4.73. The van der Waals surface area contributed by atoms with Gasteiger partial charge in [0.05, 0.1) is 0 Å². The molecule has 0 fully saturated rings. The number of hydrogen-bond acceptors (Lipinski definition) is 1. The summed E-state index contributed by atoms with van der Waals surface area (Å²) in [7, 11) is 0. The van der Waals surface area contributed by atoms with Crippen LogP contribution in [0.2, 0.25) is 0 Å². The van der Waals surface area contributed by atoms with Crippen LogP contribution in [0.4, 0.5) is 26.3 Å². The molecule has 7 heteroatoms. The van der Waals surface area contributed by atoms with E-state index in [1.165, 1.54) is 6.92 Å². The van der Waals surface area contributed by atoms with Gasteiger partial charge >= 0.3 is 12.4 Å². The summed E-state index contributed by atoms with van der Waals surface area (Å²) in [6.45, 7) is 3.17. The standard InChI is InChI=1S/C11H18F6O/c1-3-4-5-6-8(2)7-9(18,10(12,13)14)11(15,16)17/h8,18H,3-7H2,1-2H3. The van der Waals surface area contributed by atoms with Gasteiger partial charge in [-0.15, -0.1) is 0 Å². The van der Waals surface area contributed by atoms with E-state index in [0.717, 1.165) is 12.8 Å². The molecule has 0 aliphatic carbocycles. The van der Waals surface area contributed by atoms with E-state index in [-0.39, 0.29) is 6.42 Å². The van der Waals surface area contributed by atoms with Gasteiger partial charge in [0.25, 0.3) is 5.60 Å². The number of unbranched alkanes of at least 4 members (excludes halogenated alkanes) is 2. The van der Waals surface area contributed by atoms with Crippen LogP contribution in [0.25, 0.3) is 0 Å². The molecular formula is C11H18F6O. The lowest BCUT2D eigenvalue weighted by Gasteiger charge is -2.34. The fourth-order valence-electron chi connectivity index (χ4n) is 1.74. The van der Waals surface area contributed by atoms with Crippen molar-refractivity contribution in [2.75, 3.05) is 0 Å². The summed E-state index contributed by atoms with van der Waals surface area (Å²) in [5, 5.41) is 8.96. The quantitative estimate of drug-likeness (QED) is 0.563. The topological polar surface area (TPSA) is 20.2 Å². The van der Waals surface area contributed by atoms with Crippen LogP contribution in [0.15, 0.2) is 0 Å². The monoisotopic (exact) mass is 280 g/mol. The molecule has 18 heavy (non-hydrogen) atoms. The van der Waals surface area contributed by atoms with Gasteiger partial charge in [0, 0.05) is 0 Å². The maximum Gasteiger partial charge on any atom is 0.426 e. The van der Waals surface area contributed by atoms with Gasteiger partial charge in [-0.05, 0) is 12.3 Å². The van der Waals surface area contributed by atoms with Crippen molar-refractivity contribution in [2.45, 2.75) is 63.9 Å². The largest absolute Gasteiger partial charge is 0.426 e. The minimum absolute atomic E-state index is 0.238. The van der Waals surface area contributed by atoms with Crippen LogP contribution in [0.3, 0.4) is 0 Å². The van der Waals surface area contributed by atoms with Gasteiger partial charge in [0.1, 0.15) is 0 Å². The van der Waals surface area contributed by atoms with Crippen molar-refractivity contribution >= 4 is 0 Å². The molecule has 1 nitrogen and oxygen atoms in total. The van der Waals surface area contributed by atoms with Gasteiger partial charge in [-0.1, -0.05) is 39.5 Å². The molecule has 1 atom stereocenters. The van der Waals surface area contributed by atoms with Gasteiger partial charge in [-0.25, -0.2) is 0 Å².